The van der Waals surface area contributed by atoms with E-state index in [0.717, 1.165) is 25.7 Å². The van der Waals surface area contributed by atoms with Crippen LogP contribution in [0.15, 0.2) is 42.9 Å². The molecule has 1 aliphatic rings. The molecule has 1 amide bonds. The molecule has 4 N–H and O–H groups in total. The number of aliphatic hydroxyl groups is 1. The summed E-state index contributed by atoms with van der Waals surface area (Å²) >= 11 is 0. The average molecular weight is 397 g/mol. The van der Waals surface area contributed by atoms with Crippen LogP contribution in [0.1, 0.15) is 36.0 Å². The van der Waals surface area contributed by atoms with Gasteiger partial charge in [-0.3, -0.25) is 9.78 Å². The van der Waals surface area contributed by atoms with E-state index in [1.807, 2.05) is 0 Å². The van der Waals surface area contributed by atoms with Gasteiger partial charge in [-0.15, -0.1) is 0 Å². The molecule has 0 saturated heterocycles. The number of aliphatic hydroxyl groups excluding tert-OH is 1. The quantitative estimate of drug-likeness (QED) is 0.573. The van der Waals surface area contributed by atoms with Crippen molar-refractivity contribution < 1.29 is 14.3 Å². The number of aromatic nitrogens is 3. The van der Waals surface area contributed by atoms with Crippen molar-refractivity contribution in [2.45, 2.75) is 31.9 Å². The Kier molecular flexibility index (Phi) is 5.55. The van der Waals surface area contributed by atoms with Gasteiger partial charge in [0.1, 0.15) is 12.0 Å². The molecule has 1 aromatic carbocycles. The number of nitrogens with two attached hydrogens (primary N) is 1. The fraction of sp³-hybridized carbons (Fsp3) is 0.381. The Balaban J connectivity index is 1.47. The number of nitrogens with zero attached hydrogens (tertiary/aromatic N) is 3. The molecule has 0 spiro atoms. The van der Waals surface area contributed by atoms with Crippen LogP contribution in [0.4, 0.5) is 4.39 Å². The van der Waals surface area contributed by atoms with Crippen molar-refractivity contribution in [3.05, 3.63) is 54.2 Å². The van der Waals surface area contributed by atoms with Gasteiger partial charge in [0.05, 0.1) is 29.2 Å². The van der Waals surface area contributed by atoms with Crippen LogP contribution in [0.5, 0.6) is 0 Å². The van der Waals surface area contributed by atoms with Crippen molar-refractivity contribution >= 4 is 16.8 Å². The first-order valence-corrected chi connectivity index (χ1v) is 9.82. The van der Waals surface area contributed by atoms with E-state index in [1.165, 1.54) is 18.3 Å². The third-order valence-electron chi connectivity index (χ3n) is 5.74. The van der Waals surface area contributed by atoms with E-state index in [2.05, 4.69) is 15.4 Å². The number of fused-ring (bicyclic) bond motifs is 1. The number of halogens is 1. The van der Waals surface area contributed by atoms with Gasteiger partial charge in [0.15, 0.2) is 0 Å². The van der Waals surface area contributed by atoms with E-state index in [-0.39, 0.29) is 17.6 Å². The van der Waals surface area contributed by atoms with E-state index in [0.29, 0.717) is 34.6 Å². The Morgan fingerprint density at radius 2 is 1.93 bits per heavy atom. The molecule has 152 valence electrons. The third-order valence-corrected chi connectivity index (χ3v) is 5.74. The highest BCUT2D eigenvalue weighted by atomic mass is 19.1. The fourth-order valence-corrected chi connectivity index (χ4v) is 3.98. The number of hydrogen-bond donors (Lipinski definition) is 3. The summed E-state index contributed by atoms with van der Waals surface area (Å²) in [7, 11) is 0. The number of nitrogens with one attached hydrogen (secondary N) is 1. The molecule has 0 radical (unpaired) electrons. The van der Waals surface area contributed by atoms with Gasteiger partial charge < -0.3 is 16.2 Å². The van der Waals surface area contributed by atoms with Crippen LogP contribution >= 0.6 is 0 Å². The van der Waals surface area contributed by atoms with E-state index >= 15 is 0 Å². The Labute approximate surface area is 167 Å². The van der Waals surface area contributed by atoms with Gasteiger partial charge in [0.2, 0.25) is 0 Å². The standard InChI is InChI=1S/C21H24FN5O2/c22-15-5-7-16(8-6-15)27-19-12-24-10-18(17(19)11-26-27)21(29)25-9-13-1-3-14(4-2-13)20(23)28/h5-8,10-14,20,28H,1-4,9,23H2,(H,25,29). The van der Waals surface area contributed by atoms with Crippen molar-refractivity contribution in [2.75, 3.05) is 6.54 Å². The smallest absolute Gasteiger partial charge is 0.253 e. The second kappa shape index (κ2) is 8.26. The first-order valence-electron chi connectivity index (χ1n) is 9.82. The van der Waals surface area contributed by atoms with E-state index < -0.39 is 6.23 Å². The molecule has 0 bridgehead atoms. The summed E-state index contributed by atoms with van der Waals surface area (Å²) in [6.45, 7) is 0.578. The van der Waals surface area contributed by atoms with Crippen molar-refractivity contribution in [3.8, 4) is 5.69 Å². The molecule has 4 rings (SSSR count). The minimum Gasteiger partial charge on any atom is -0.379 e. The zero-order chi connectivity index (χ0) is 20.4. The zero-order valence-electron chi connectivity index (χ0n) is 16.0. The van der Waals surface area contributed by atoms with E-state index in [1.54, 1.807) is 29.2 Å². The van der Waals surface area contributed by atoms with Gasteiger partial charge >= 0.3 is 0 Å². The van der Waals surface area contributed by atoms with Gasteiger partial charge in [-0.25, -0.2) is 9.07 Å². The lowest BCUT2D eigenvalue weighted by molar-refractivity contribution is 0.0767. The number of carbonyl (C=O) groups excluding carboxylic acids is 1. The van der Waals surface area contributed by atoms with Crippen molar-refractivity contribution in [2.24, 2.45) is 17.6 Å². The highest BCUT2D eigenvalue weighted by Gasteiger charge is 2.25. The lowest BCUT2D eigenvalue weighted by Gasteiger charge is -2.29. The fourth-order valence-electron chi connectivity index (χ4n) is 3.98. The molecule has 2 heterocycles. The van der Waals surface area contributed by atoms with Crippen LogP contribution in [-0.2, 0) is 0 Å². The molecule has 1 aliphatic carbocycles. The van der Waals surface area contributed by atoms with Crippen LogP contribution in [0.25, 0.3) is 16.6 Å². The number of carbonyl (C=O) groups is 1. The maximum Gasteiger partial charge on any atom is 0.253 e. The summed E-state index contributed by atoms with van der Waals surface area (Å²) in [4.78, 5) is 17.0. The maximum atomic E-state index is 13.2. The summed E-state index contributed by atoms with van der Waals surface area (Å²) in [5.41, 5.74) is 7.40. The largest absolute Gasteiger partial charge is 0.379 e. The monoisotopic (exact) mass is 397 g/mol. The summed E-state index contributed by atoms with van der Waals surface area (Å²) in [6, 6.07) is 5.99. The van der Waals surface area contributed by atoms with Gasteiger partial charge in [0, 0.05) is 18.1 Å². The second-order valence-corrected chi connectivity index (χ2v) is 7.63. The SMILES string of the molecule is NC(O)C1CCC(CNC(=O)c2cncc3c2cnn3-c2ccc(F)cc2)CC1. The highest BCUT2D eigenvalue weighted by molar-refractivity contribution is 6.05. The number of amides is 1. The third kappa shape index (κ3) is 4.13. The van der Waals surface area contributed by atoms with Crippen LogP contribution in [0.2, 0.25) is 0 Å². The van der Waals surface area contributed by atoms with Crippen molar-refractivity contribution in [1.29, 1.82) is 0 Å². The molecule has 1 unspecified atom stereocenters. The molecule has 1 saturated carbocycles. The van der Waals surface area contributed by atoms with Gasteiger partial charge in [-0.1, -0.05) is 0 Å². The Bertz CT molecular complexity index is 994. The molecular weight excluding hydrogens is 373 g/mol. The Hall–Kier alpha value is -2.84. The minimum absolute atomic E-state index is 0.150. The number of pyridine rings is 1. The molecule has 7 nitrogen and oxygen atoms in total. The minimum atomic E-state index is -0.758. The maximum absolute atomic E-state index is 13.2. The number of rotatable bonds is 5. The van der Waals surface area contributed by atoms with E-state index in [4.69, 9.17) is 5.73 Å². The molecule has 29 heavy (non-hydrogen) atoms. The normalized spacial score (nSPS) is 20.5. The van der Waals surface area contributed by atoms with Crippen LogP contribution < -0.4 is 11.1 Å². The zero-order valence-corrected chi connectivity index (χ0v) is 16.0. The summed E-state index contributed by atoms with van der Waals surface area (Å²) in [5.74, 6) is 0.0152. The predicted molar refractivity (Wildman–Crippen MR) is 107 cm³/mol. The van der Waals surface area contributed by atoms with Gasteiger partial charge in [-0.05, 0) is 61.8 Å². The van der Waals surface area contributed by atoms with Gasteiger partial charge in [-0.2, -0.15) is 5.10 Å². The summed E-state index contributed by atoms with van der Waals surface area (Å²) in [6.07, 6.45) is 7.67. The summed E-state index contributed by atoms with van der Waals surface area (Å²) in [5, 5.41) is 17.5. The number of benzene rings is 1. The molecule has 3 aromatic rings. The number of hydrogen-bond acceptors (Lipinski definition) is 5. The highest BCUT2D eigenvalue weighted by Crippen LogP contribution is 2.29. The van der Waals surface area contributed by atoms with Gasteiger partial charge in [0.25, 0.3) is 5.91 Å². The topological polar surface area (TPSA) is 106 Å². The first-order chi connectivity index (χ1) is 14.0. The van der Waals surface area contributed by atoms with Crippen LogP contribution in [0, 0.1) is 17.7 Å². The second-order valence-electron chi connectivity index (χ2n) is 7.63. The lowest BCUT2D eigenvalue weighted by Crippen LogP contribution is -2.36. The molecule has 2 aromatic heterocycles. The average Bonchev–Trinajstić information content (AvgIpc) is 3.17. The molecule has 1 fully saturated rings. The van der Waals surface area contributed by atoms with E-state index in [9.17, 15) is 14.3 Å². The first kappa shape index (κ1) is 19.5. The molecule has 1 atom stereocenters. The Morgan fingerprint density at radius 3 is 2.62 bits per heavy atom. The molecule has 0 aliphatic heterocycles. The van der Waals surface area contributed by atoms with Crippen molar-refractivity contribution in [1.82, 2.24) is 20.1 Å². The lowest BCUT2D eigenvalue weighted by atomic mass is 9.81. The van der Waals surface area contributed by atoms with Crippen molar-refractivity contribution in [3.63, 3.8) is 0 Å². The molecular formula is C21H24FN5O2. The van der Waals surface area contributed by atoms with Crippen LogP contribution in [0.3, 0.4) is 0 Å². The molecule has 8 heteroatoms. The van der Waals surface area contributed by atoms with Crippen LogP contribution in [-0.4, -0.2) is 38.6 Å². The summed E-state index contributed by atoms with van der Waals surface area (Å²) < 4.78 is 14.8. The Morgan fingerprint density at radius 1 is 1.21 bits per heavy atom. The predicted octanol–water partition coefficient (Wildman–Crippen LogP) is 2.37.